The van der Waals surface area contributed by atoms with Crippen molar-refractivity contribution in [2.45, 2.75) is 6.61 Å². The average molecular weight is 400 g/mol. The van der Waals surface area contributed by atoms with E-state index in [0.717, 1.165) is 0 Å². The summed E-state index contributed by atoms with van der Waals surface area (Å²) in [6.07, 6.45) is 4.63. The number of phenols is 1. The Bertz CT molecular complexity index is 1230. The molecule has 29 heavy (non-hydrogen) atoms. The van der Waals surface area contributed by atoms with E-state index in [2.05, 4.69) is 19.9 Å². The highest BCUT2D eigenvalue weighted by Crippen LogP contribution is 2.39. The molecule has 0 unspecified atom stereocenters. The Hall–Kier alpha value is -4.02. The molecule has 0 saturated heterocycles. The highest BCUT2D eigenvalue weighted by molar-refractivity contribution is 6.06. The predicted molar refractivity (Wildman–Crippen MR) is 97.4 cm³/mol. The van der Waals surface area contributed by atoms with Gasteiger partial charge in [-0.15, -0.1) is 0 Å². The molecule has 0 aliphatic rings. The van der Waals surface area contributed by atoms with Crippen LogP contribution in [0.25, 0.3) is 28.2 Å². The molecule has 1 aromatic carbocycles. The van der Waals surface area contributed by atoms with Gasteiger partial charge in [-0.05, 0) is 24.3 Å². The Morgan fingerprint density at radius 3 is 2.76 bits per heavy atom. The lowest BCUT2D eigenvalue weighted by Gasteiger charge is -2.10. The van der Waals surface area contributed by atoms with Crippen LogP contribution in [0.4, 0.5) is 8.78 Å². The first-order valence-corrected chi connectivity index (χ1v) is 8.30. The Kier molecular flexibility index (Phi) is 4.34. The number of hydrogen-bond donors (Lipinski definition) is 2. The van der Waals surface area contributed by atoms with E-state index in [-0.39, 0.29) is 39.7 Å². The number of aryl methyl sites for hydroxylation is 1. The maximum Gasteiger partial charge on any atom is 0.387 e. The number of benzene rings is 1. The van der Waals surface area contributed by atoms with Gasteiger partial charge in [-0.3, -0.25) is 9.48 Å². The van der Waals surface area contributed by atoms with Gasteiger partial charge in [0.1, 0.15) is 28.5 Å². The van der Waals surface area contributed by atoms with Gasteiger partial charge < -0.3 is 15.6 Å². The lowest BCUT2D eigenvalue weighted by Crippen LogP contribution is -2.12. The molecule has 1 amide bonds. The number of hydrogen-bond acceptors (Lipinski definition) is 6. The second kappa shape index (κ2) is 6.86. The molecule has 3 N–H and O–H groups in total. The van der Waals surface area contributed by atoms with Crippen LogP contribution < -0.4 is 10.5 Å². The second-order valence-corrected chi connectivity index (χ2v) is 6.10. The third-order valence-electron chi connectivity index (χ3n) is 4.16. The minimum Gasteiger partial charge on any atom is -0.508 e. The molecule has 0 radical (unpaired) electrons. The van der Waals surface area contributed by atoms with Crippen molar-refractivity contribution in [3.8, 4) is 34.0 Å². The summed E-state index contributed by atoms with van der Waals surface area (Å²) in [4.78, 5) is 16.3. The molecule has 0 spiro atoms. The lowest BCUT2D eigenvalue weighted by molar-refractivity contribution is -0.0494. The number of alkyl halides is 2. The summed E-state index contributed by atoms with van der Waals surface area (Å²) in [6.45, 7) is -3.08. The minimum absolute atomic E-state index is 0.0522. The first-order chi connectivity index (χ1) is 13.8. The number of carbonyl (C=O) groups is 1. The molecule has 3 heterocycles. The minimum atomic E-state index is -3.08. The molecule has 9 nitrogen and oxygen atoms in total. The zero-order valence-corrected chi connectivity index (χ0v) is 15.0. The number of amides is 1. The highest BCUT2D eigenvalue weighted by atomic mass is 19.3. The van der Waals surface area contributed by atoms with Crippen molar-refractivity contribution in [1.82, 2.24) is 24.4 Å². The number of phenolic OH excluding ortho intramolecular Hbond substituents is 1. The van der Waals surface area contributed by atoms with Crippen molar-refractivity contribution in [1.29, 1.82) is 0 Å². The monoisotopic (exact) mass is 400 g/mol. The standard InChI is InChI=1S/C18H14F2N6O3/c1-25-8-11(15-13(16(21)28)17-22-5-2-6-26(17)24-15)14(23-25)10-7-9(27)3-4-12(10)29-18(19)20/h2-8,18,27H,1H3,(H2,21,28). The summed E-state index contributed by atoms with van der Waals surface area (Å²) in [6, 6.07) is 5.28. The Morgan fingerprint density at radius 1 is 1.24 bits per heavy atom. The van der Waals surface area contributed by atoms with Crippen LogP contribution in [0.5, 0.6) is 11.5 Å². The number of rotatable bonds is 5. The number of primary amides is 1. The normalized spacial score (nSPS) is 11.3. The van der Waals surface area contributed by atoms with E-state index >= 15 is 0 Å². The number of aromatic hydroxyl groups is 1. The summed E-state index contributed by atoms with van der Waals surface area (Å²) in [5, 5.41) is 18.5. The van der Waals surface area contributed by atoms with E-state index in [1.54, 1.807) is 25.5 Å². The Morgan fingerprint density at radius 2 is 2.03 bits per heavy atom. The van der Waals surface area contributed by atoms with Gasteiger partial charge in [-0.1, -0.05) is 0 Å². The summed E-state index contributed by atoms with van der Waals surface area (Å²) in [5.41, 5.74) is 6.62. The Labute approximate surface area is 162 Å². The first kappa shape index (κ1) is 18.3. The van der Waals surface area contributed by atoms with Crippen molar-refractivity contribution in [3.63, 3.8) is 0 Å². The molecule has 148 valence electrons. The first-order valence-electron chi connectivity index (χ1n) is 8.30. The zero-order valence-electron chi connectivity index (χ0n) is 15.0. The number of carbonyl (C=O) groups excluding carboxylic acids is 1. The highest BCUT2D eigenvalue weighted by Gasteiger charge is 2.26. The van der Waals surface area contributed by atoms with Crippen LogP contribution in [0, 0.1) is 0 Å². The van der Waals surface area contributed by atoms with E-state index in [0.29, 0.717) is 5.56 Å². The fourth-order valence-electron chi connectivity index (χ4n) is 3.06. The van der Waals surface area contributed by atoms with Crippen molar-refractivity contribution >= 4 is 11.6 Å². The number of nitrogens with zero attached hydrogens (tertiary/aromatic N) is 5. The smallest absolute Gasteiger partial charge is 0.387 e. The maximum atomic E-state index is 12.9. The average Bonchev–Trinajstić information content (AvgIpc) is 3.23. The van der Waals surface area contributed by atoms with E-state index in [1.807, 2.05) is 0 Å². The molecule has 0 bridgehead atoms. The molecule has 0 aliphatic carbocycles. The molecule has 0 aliphatic heterocycles. The SMILES string of the molecule is Cn1cc(-c2nn3cccnc3c2C(N)=O)c(-c2cc(O)ccc2OC(F)F)n1. The van der Waals surface area contributed by atoms with Gasteiger partial charge in [0, 0.05) is 36.8 Å². The predicted octanol–water partition coefficient (Wildman–Crippen LogP) is 2.20. The van der Waals surface area contributed by atoms with Crippen molar-refractivity contribution in [2.24, 2.45) is 12.8 Å². The van der Waals surface area contributed by atoms with Gasteiger partial charge in [0.2, 0.25) is 0 Å². The van der Waals surface area contributed by atoms with Crippen LogP contribution in [-0.2, 0) is 7.05 Å². The summed E-state index contributed by atoms with van der Waals surface area (Å²) in [5.74, 6) is -1.13. The van der Waals surface area contributed by atoms with Gasteiger partial charge in [-0.2, -0.15) is 19.0 Å². The third kappa shape index (κ3) is 3.22. The van der Waals surface area contributed by atoms with Gasteiger partial charge >= 0.3 is 6.61 Å². The van der Waals surface area contributed by atoms with Gasteiger partial charge in [-0.25, -0.2) is 9.50 Å². The third-order valence-corrected chi connectivity index (χ3v) is 4.16. The molecule has 0 atom stereocenters. The molecule has 4 rings (SSSR count). The molecule has 0 saturated carbocycles. The van der Waals surface area contributed by atoms with E-state index in [1.165, 1.54) is 33.6 Å². The lowest BCUT2D eigenvalue weighted by atomic mass is 10.0. The topological polar surface area (TPSA) is 121 Å². The number of fused-ring (bicyclic) bond motifs is 1. The maximum absolute atomic E-state index is 12.9. The van der Waals surface area contributed by atoms with Crippen LogP contribution in [0.3, 0.4) is 0 Å². The fraction of sp³-hybridized carbons (Fsp3) is 0.111. The van der Waals surface area contributed by atoms with Gasteiger partial charge in [0.05, 0.1) is 0 Å². The number of ether oxygens (including phenoxy) is 1. The molecule has 0 fully saturated rings. The molecular formula is C18H14F2N6O3. The number of nitrogens with two attached hydrogens (primary N) is 1. The van der Waals surface area contributed by atoms with Crippen molar-refractivity contribution < 1.29 is 23.4 Å². The molecule has 4 aromatic rings. The molecule has 11 heteroatoms. The van der Waals surface area contributed by atoms with Crippen molar-refractivity contribution in [2.75, 3.05) is 0 Å². The van der Waals surface area contributed by atoms with Gasteiger partial charge in [0.15, 0.2) is 5.65 Å². The molecular weight excluding hydrogens is 386 g/mol. The van der Waals surface area contributed by atoms with Crippen LogP contribution in [0.1, 0.15) is 10.4 Å². The van der Waals surface area contributed by atoms with Crippen LogP contribution >= 0.6 is 0 Å². The largest absolute Gasteiger partial charge is 0.508 e. The van der Waals surface area contributed by atoms with Crippen molar-refractivity contribution in [3.05, 3.63) is 48.4 Å². The van der Waals surface area contributed by atoms with Crippen LogP contribution in [0.2, 0.25) is 0 Å². The van der Waals surface area contributed by atoms with Crippen LogP contribution in [0.15, 0.2) is 42.9 Å². The van der Waals surface area contributed by atoms with Crippen LogP contribution in [-0.4, -0.2) is 42.0 Å². The number of halogens is 2. The number of aromatic nitrogens is 5. The summed E-state index contributed by atoms with van der Waals surface area (Å²) in [7, 11) is 1.61. The van der Waals surface area contributed by atoms with E-state index in [9.17, 15) is 18.7 Å². The summed E-state index contributed by atoms with van der Waals surface area (Å²) < 4.78 is 33.1. The summed E-state index contributed by atoms with van der Waals surface area (Å²) >= 11 is 0. The van der Waals surface area contributed by atoms with Gasteiger partial charge in [0.25, 0.3) is 5.91 Å². The van der Waals surface area contributed by atoms with E-state index in [4.69, 9.17) is 5.73 Å². The zero-order chi connectivity index (χ0) is 20.7. The molecule has 3 aromatic heterocycles. The van der Waals surface area contributed by atoms with E-state index < -0.39 is 12.5 Å². The Balaban J connectivity index is 2.00. The second-order valence-electron chi connectivity index (χ2n) is 6.10. The fourth-order valence-corrected chi connectivity index (χ4v) is 3.06. The quantitative estimate of drug-likeness (QED) is 0.530.